The quantitative estimate of drug-likeness (QED) is 0.369. The predicted octanol–water partition coefficient (Wildman–Crippen LogP) is 6.74. The van der Waals surface area contributed by atoms with Gasteiger partial charge in [0, 0.05) is 22.4 Å². The fourth-order valence-electron chi connectivity index (χ4n) is 5.71. The molecule has 2 atom stereocenters. The summed E-state index contributed by atoms with van der Waals surface area (Å²) in [6.45, 7) is 11.7. The molecular formula is C31H31ClN4O2. The van der Waals surface area contributed by atoms with Gasteiger partial charge >= 0.3 is 0 Å². The standard InChI is InChI=1S/C31H31ClN4O2/c1-17-11-13-25(19(3)15-17)35-30(37)27(21(5)33-35)29(23-9-7-8-10-24(23)32)28-22(6)34-36(31(28)38)26-14-12-18(2)16-20(26)4/h7-16,27-29H,1-6H3/t27-,28-/m1/s1. The van der Waals surface area contributed by atoms with Crippen LogP contribution in [0.1, 0.15) is 47.6 Å². The van der Waals surface area contributed by atoms with Gasteiger partial charge in [0.05, 0.1) is 23.2 Å². The lowest BCUT2D eigenvalue weighted by Crippen LogP contribution is -2.40. The third-order valence-corrected chi connectivity index (χ3v) is 7.85. The lowest BCUT2D eigenvalue weighted by molar-refractivity contribution is -0.122. The first-order chi connectivity index (χ1) is 18.1. The van der Waals surface area contributed by atoms with E-state index in [1.54, 1.807) is 6.07 Å². The number of aryl methyl sites for hydroxylation is 4. The van der Waals surface area contributed by atoms with Gasteiger partial charge < -0.3 is 0 Å². The molecule has 0 aliphatic carbocycles. The summed E-state index contributed by atoms with van der Waals surface area (Å²) in [5, 5.41) is 12.9. The largest absolute Gasteiger partial charge is 0.272 e. The van der Waals surface area contributed by atoms with Gasteiger partial charge in [0.15, 0.2) is 0 Å². The zero-order valence-corrected chi connectivity index (χ0v) is 23.2. The summed E-state index contributed by atoms with van der Waals surface area (Å²) in [5.41, 5.74) is 7.63. The number of benzene rings is 3. The molecule has 0 unspecified atom stereocenters. The molecule has 0 radical (unpaired) electrons. The maximum absolute atomic E-state index is 14.1. The Balaban J connectivity index is 1.60. The van der Waals surface area contributed by atoms with Gasteiger partial charge in [0.2, 0.25) is 0 Å². The highest BCUT2D eigenvalue weighted by Gasteiger charge is 2.50. The van der Waals surface area contributed by atoms with Crippen LogP contribution in [0, 0.1) is 39.5 Å². The Morgan fingerprint density at radius 2 is 1.13 bits per heavy atom. The number of amides is 2. The van der Waals surface area contributed by atoms with Crippen LogP contribution < -0.4 is 10.0 Å². The van der Waals surface area contributed by atoms with Crippen molar-refractivity contribution in [2.24, 2.45) is 22.0 Å². The molecule has 0 spiro atoms. The van der Waals surface area contributed by atoms with Crippen molar-refractivity contribution in [3.05, 3.63) is 93.5 Å². The number of anilines is 2. The normalized spacial score (nSPS) is 19.5. The van der Waals surface area contributed by atoms with Gasteiger partial charge in [-0.1, -0.05) is 65.2 Å². The fraction of sp³-hybridized carbons (Fsp3) is 0.290. The molecule has 0 fully saturated rings. The maximum Gasteiger partial charge on any atom is 0.256 e. The number of carbonyl (C=O) groups is 2. The minimum absolute atomic E-state index is 0.176. The van der Waals surface area contributed by atoms with Crippen molar-refractivity contribution in [2.75, 3.05) is 10.0 Å². The maximum atomic E-state index is 14.1. The van der Waals surface area contributed by atoms with Crippen molar-refractivity contribution in [2.45, 2.75) is 47.5 Å². The summed E-state index contributed by atoms with van der Waals surface area (Å²) in [7, 11) is 0. The molecule has 3 aromatic carbocycles. The molecule has 7 heteroatoms. The number of nitrogens with zero attached hydrogens (tertiary/aromatic N) is 4. The molecule has 6 nitrogen and oxygen atoms in total. The van der Waals surface area contributed by atoms with E-state index in [4.69, 9.17) is 21.8 Å². The summed E-state index contributed by atoms with van der Waals surface area (Å²) in [6.07, 6.45) is 0. The average Bonchev–Trinajstić information content (AvgIpc) is 3.30. The summed E-state index contributed by atoms with van der Waals surface area (Å²) < 4.78 is 0. The third-order valence-electron chi connectivity index (χ3n) is 7.51. The second kappa shape index (κ2) is 9.84. The first-order valence-electron chi connectivity index (χ1n) is 12.8. The van der Waals surface area contributed by atoms with Crippen molar-refractivity contribution in [3.63, 3.8) is 0 Å². The van der Waals surface area contributed by atoms with Crippen LogP contribution in [0.25, 0.3) is 0 Å². The molecule has 194 valence electrons. The third kappa shape index (κ3) is 4.33. The van der Waals surface area contributed by atoms with Gasteiger partial charge in [-0.3, -0.25) is 9.59 Å². The van der Waals surface area contributed by atoms with E-state index in [9.17, 15) is 9.59 Å². The van der Waals surface area contributed by atoms with Crippen LogP contribution in [0.15, 0.2) is 70.9 Å². The minimum Gasteiger partial charge on any atom is -0.272 e. The van der Waals surface area contributed by atoms with Crippen molar-refractivity contribution in [3.8, 4) is 0 Å². The smallest absolute Gasteiger partial charge is 0.256 e. The number of carbonyl (C=O) groups excluding carboxylic acids is 2. The molecule has 0 N–H and O–H groups in total. The summed E-state index contributed by atoms with van der Waals surface area (Å²) in [5.74, 6) is -2.26. The van der Waals surface area contributed by atoms with Gasteiger partial charge in [-0.2, -0.15) is 20.2 Å². The highest BCUT2D eigenvalue weighted by Crippen LogP contribution is 2.45. The van der Waals surface area contributed by atoms with Crippen LogP contribution in [-0.4, -0.2) is 23.2 Å². The number of hydrogen-bond donors (Lipinski definition) is 0. The van der Waals surface area contributed by atoms with E-state index in [2.05, 4.69) is 0 Å². The Labute approximate surface area is 228 Å². The second-order valence-corrected chi connectivity index (χ2v) is 10.8. The monoisotopic (exact) mass is 526 g/mol. The molecule has 0 saturated heterocycles. The molecule has 2 aliphatic rings. The van der Waals surface area contributed by atoms with Gasteiger partial charge in [-0.05, 0) is 76.4 Å². The lowest BCUT2D eigenvalue weighted by Gasteiger charge is -2.29. The molecular weight excluding hydrogens is 496 g/mol. The molecule has 5 rings (SSSR count). The number of hydrazone groups is 2. The number of rotatable bonds is 5. The summed E-state index contributed by atoms with van der Waals surface area (Å²) in [6, 6.07) is 19.3. The number of hydrogen-bond acceptors (Lipinski definition) is 4. The van der Waals surface area contributed by atoms with Gasteiger partial charge in [0.1, 0.15) is 0 Å². The highest BCUT2D eigenvalue weighted by molar-refractivity contribution is 6.31. The zero-order valence-electron chi connectivity index (χ0n) is 22.5. The Bertz CT molecular complexity index is 1430. The SMILES string of the molecule is CC1=NN(c2ccc(C)cc2C)C(=O)[C@H]1C(c1ccccc1Cl)[C@@H]1C(=O)N(c2ccc(C)cc2C)N=C1C. The Morgan fingerprint density at radius 1 is 0.684 bits per heavy atom. The van der Waals surface area contributed by atoms with E-state index in [-0.39, 0.29) is 11.8 Å². The van der Waals surface area contributed by atoms with Crippen LogP contribution in [0.5, 0.6) is 0 Å². The Kier molecular flexibility index (Phi) is 6.70. The van der Waals surface area contributed by atoms with E-state index in [1.165, 1.54) is 10.0 Å². The van der Waals surface area contributed by atoms with Crippen molar-refractivity contribution < 1.29 is 9.59 Å². The van der Waals surface area contributed by atoms with Crippen LogP contribution >= 0.6 is 11.6 Å². The van der Waals surface area contributed by atoms with Gasteiger partial charge in [0.25, 0.3) is 11.8 Å². The fourth-order valence-corrected chi connectivity index (χ4v) is 5.98. The average molecular weight is 527 g/mol. The minimum atomic E-state index is -0.672. The van der Waals surface area contributed by atoms with E-state index >= 15 is 0 Å². The van der Waals surface area contributed by atoms with E-state index in [1.807, 2.05) is 96.1 Å². The Morgan fingerprint density at radius 3 is 1.55 bits per heavy atom. The Hall–Kier alpha value is -3.77. The summed E-state index contributed by atoms with van der Waals surface area (Å²) >= 11 is 6.73. The van der Waals surface area contributed by atoms with Gasteiger partial charge in [-0.25, -0.2) is 0 Å². The van der Waals surface area contributed by atoms with Crippen LogP contribution in [0.4, 0.5) is 11.4 Å². The molecule has 2 amide bonds. The van der Waals surface area contributed by atoms with Crippen LogP contribution in [0.2, 0.25) is 5.02 Å². The highest BCUT2D eigenvalue weighted by atomic mass is 35.5. The zero-order chi connectivity index (χ0) is 27.3. The predicted molar refractivity (Wildman–Crippen MR) is 154 cm³/mol. The molecule has 3 aromatic rings. The van der Waals surface area contributed by atoms with Crippen molar-refractivity contribution in [1.82, 2.24) is 0 Å². The van der Waals surface area contributed by atoms with E-state index < -0.39 is 17.8 Å². The van der Waals surface area contributed by atoms with Crippen molar-refractivity contribution >= 4 is 46.2 Å². The molecule has 0 aromatic heterocycles. The molecule has 0 saturated carbocycles. The molecule has 0 bridgehead atoms. The van der Waals surface area contributed by atoms with E-state index in [0.29, 0.717) is 16.4 Å². The van der Waals surface area contributed by atoms with Gasteiger partial charge in [-0.15, -0.1) is 0 Å². The van der Waals surface area contributed by atoms with Crippen molar-refractivity contribution in [1.29, 1.82) is 0 Å². The first kappa shape index (κ1) is 25.9. The lowest BCUT2D eigenvalue weighted by atomic mass is 9.73. The topological polar surface area (TPSA) is 65.3 Å². The second-order valence-electron chi connectivity index (χ2n) is 10.4. The first-order valence-corrected chi connectivity index (χ1v) is 13.1. The van der Waals surface area contributed by atoms with Crippen LogP contribution in [-0.2, 0) is 9.59 Å². The molecule has 2 heterocycles. The van der Waals surface area contributed by atoms with E-state index in [0.717, 1.165) is 39.2 Å². The molecule has 38 heavy (non-hydrogen) atoms. The molecule has 2 aliphatic heterocycles. The number of halogens is 1. The summed E-state index contributed by atoms with van der Waals surface area (Å²) in [4.78, 5) is 28.2. The van der Waals surface area contributed by atoms with Crippen LogP contribution in [0.3, 0.4) is 0 Å².